The van der Waals surface area contributed by atoms with E-state index in [1.807, 2.05) is 25.2 Å². The largest absolute Gasteiger partial charge is 0.493 e. The Morgan fingerprint density at radius 2 is 2.33 bits per heavy atom. The van der Waals surface area contributed by atoms with Gasteiger partial charge in [-0.15, -0.1) is 0 Å². The van der Waals surface area contributed by atoms with Crippen molar-refractivity contribution in [2.45, 2.75) is 25.6 Å². The van der Waals surface area contributed by atoms with Crippen LogP contribution in [0.5, 0.6) is 5.75 Å². The number of aliphatic hydroxyl groups is 1. The summed E-state index contributed by atoms with van der Waals surface area (Å²) >= 11 is 0. The molecule has 0 saturated carbocycles. The van der Waals surface area contributed by atoms with E-state index in [2.05, 4.69) is 9.88 Å². The number of benzene rings is 1. The van der Waals surface area contributed by atoms with Gasteiger partial charge in [-0.2, -0.15) is 0 Å². The minimum absolute atomic E-state index is 0.156. The van der Waals surface area contributed by atoms with Gasteiger partial charge in [0.15, 0.2) is 0 Å². The summed E-state index contributed by atoms with van der Waals surface area (Å²) < 4.78 is 7.21. The third-order valence-corrected chi connectivity index (χ3v) is 4.07. The number of aryl methyl sites for hydroxylation is 1. The summed E-state index contributed by atoms with van der Waals surface area (Å²) in [5.74, 6) is 0.550. The number of ether oxygens (including phenoxy) is 1. The number of hydrogen-bond donors (Lipinski definition) is 1. The van der Waals surface area contributed by atoms with Crippen molar-refractivity contribution < 1.29 is 14.8 Å². The van der Waals surface area contributed by atoms with Crippen molar-refractivity contribution in [1.82, 2.24) is 14.5 Å². The zero-order chi connectivity index (χ0) is 17.1. The van der Waals surface area contributed by atoms with E-state index in [4.69, 9.17) is 4.74 Å². The van der Waals surface area contributed by atoms with Gasteiger partial charge in [-0.1, -0.05) is 11.1 Å². The minimum Gasteiger partial charge on any atom is -0.493 e. The van der Waals surface area contributed by atoms with Crippen LogP contribution in [0.2, 0.25) is 0 Å². The number of rotatable bonds is 6. The van der Waals surface area contributed by atoms with Crippen LogP contribution in [0, 0.1) is 10.1 Å². The third-order valence-electron chi connectivity index (χ3n) is 4.07. The Morgan fingerprint density at radius 1 is 1.50 bits per heavy atom. The Bertz CT molecular complexity index is 731. The summed E-state index contributed by atoms with van der Waals surface area (Å²) in [5, 5.41) is 21.0. The quantitative estimate of drug-likeness (QED) is 0.492. The smallest absolute Gasteiger partial charge is 0.434 e. The summed E-state index contributed by atoms with van der Waals surface area (Å²) in [5.41, 5.74) is 2.02. The number of β-amino-alcohol motifs (C(OH)–C–C–N with tert-alkyl or cyclic N) is 1. The van der Waals surface area contributed by atoms with E-state index >= 15 is 0 Å². The lowest BCUT2D eigenvalue weighted by Crippen LogP contribution is -2.30. The first-order valence-electron chi connectivity index (χ1n) is 7.82. The monoisotopic (exact) mass is 332 g/mol. The molecule has 1 aliphatic rings. The molecule has 1 aliphatic heterocycles. The number of nitro groups is 1. The molecule has 0 aliphatic carbocycles. The average Bonchev–Trinajstić information content (AvgIpc) is 3.00. The van der Waals surface area contributed by atoms with Crippen LogP contribution in [0.25, 0.3) is 0 Å². The highest BCUT2D eigenvalue weighted by atomic mass is 16.6. The second-order valence-electron chi connectivity index (χ2n) is 5.95. The van der Waals surface area contributed by atoms with E-state index in [9.17, 15) is 15.2 Å². The van der Waals surface area contributed by atoms with Crippen LogP contribution in [-0.2, 0) is 13.1 Å². The van der Waals surface area contributed by atoms with E-state index in [0.29, 0.717) is 31.9 Å². The van der Waals surface area contributed by atoms with Gasteiger partial charge in [-0.25, -0.2) is 4.57 Å². The first kappa shape index (κ1) is 16.4. The molecular weight excluding hydrogens is 312 g/mol. The highest BCUT2D eigenvalue weighted by Crippen LogP contribution is 2.29. The molecular formula is C16H20N4O4. The lowest BCUT2D eigenvalue weighted by Gasteiger charge is -2.29. The summed E-state index contributed by atoms with van der Waals surface area (Å²) in [4.78, 5) is 16.1. The van der Waals surface area contributed by atoms with Gasteiger partial charge < -0.3 is 20.0 Å². The molecule has 1 N–H and O–H groups in total. The van der Waals surface area contributed by atoms with E-state index < -0.39 is 11.0 Å². The summed E-state index contributed by atoms with van der Waals surface area (Å²) in [6.45, 7) is 2.33. The van der Waals surface area contributed by atoms with Crippen molar-refractivity contribution in [2.24, 2.45) is 0 Å². The highest BCUT2D eigenvalue weighted by Gasteiger charge is 2.21. The number of fused-ring (bicyclic) bond motifs is 1. The fourth-order valence-corrected chi connectivity index (χ4v) is 2.94. The number of aromatic nitrogens is 2. The Balaban J connectivity index is 1.55. The van der Waals surface area contributed by atoms with Gasteiger partial charge in [0.1, 0.15) is 18.1 Å². The molecule has 0 saturated heterocycles. The molecule has 1 aromatic carbocycles. The highest BCUT2D eigenvalue weighted by molar-refractivity contribution is 5.38. The predicted molar refractivity (Wildman–Crippen MR) is 86.7 cm³/mol. The van der Waals surface area contributed by atoms with Gasteiger partial charge >= 0.3 is 5.95 Å². The van der Waals surface area contributed by atoms with Crippen molar-refractivity contribution in [1.29, 1.82) is 0 Å². The number of nitrogens with zero attached hydrogens (tertiary/aromatic N) is 4. The molecule has 1 atom stereocenters. The lowest BCUT2D eigenvalue weighted by molar-refractivity contribution is -0.396. The molecule has 8 heteroatoms. The maximum Gasteiger partial charge on any atom is 0.434 e. The van der Waals surface area contributed by atoms with Crippen molar-refractivity contribution in [3.63, 3.8) is 0 Å². The molecule has 0 unspecified atom stereocenters. The SMILES string of the molecule is CN1Cc2ccc(OCCCn3ccnc3[N+](=O)[O-])cc2[C@@H](O)C1. The van der Waals surface area contributed by atoms with Crippen LogP contribution < -0.4 is 4.74 Å². The number of likely N-dealkylation sites (N-methyl/N-ethyl adjacent to an activating group) is 1. The molecule has 0 spiro atoms. The van der Waals surface area contributed by atoms with Gasteiger partial charge in [-0.3, -0.25) is 4.90 Å². The predicted octanol–water partition coefficient (Wildman–Crippen LogP) is 1.74. The Hall–Kier alpha value is -2.45. The normalized spacial score (nSPS) is 17.5. The van der Waals surface area contributed by atoms with Crippen LogP contribution in [0.4, 0.5) is 5.95 Å². The minimum atomic E-state index is -0.504. The van der Waals surface area contributed by atoms with Crippen LogP contribution in [0.15, 0.2) is 30.6 Å². The molecule has 128 valence electrons. The molecule has 0 fully saturated rings. The number of imidazole rings is 1. The van der Waals surface area contributed by atoms with Crippen molar-refractivity contribution in [2.75, 3.05) is 20.2 Å². The first-order chi connectivity index (χ1) is 11.5. The molecule has 1 aromatic heterocycles. The summed E-state index contributed by atoms with van der Waals surface area (Å²) in [6, 6.07) is 5.75. The molecule has 2 heterocycles. The number of hydrogen-bond acceptors (Lipinski definition) is 6. The topological polar surface area (TPSA) is 93.7 Å². The van der Waals surface area contributed by atoms with E-state index in [-0.39, 0.29) is 5.95 Å². The van der Waals surface area contributed by atoms with Crippen molar-refractivity contribution in [3.05, 3.63) is 51.8 Å². The molecule has 8 nitrogen and oxygen atoms in total. The van der Waals surface area contributed by atoms with Crippen molar-refractivity contribution in [3.8, 4) is 5.75 Å². The van der Waals surface area contributed by atoms with Crippen LogP contribution >= 0.6 is 0 Å². The number of aliphatic hydroxyl groups excluding tert-OH is 1. The molecule has 3 rings (SSSR count). The van der Waals surface area contributed by atoms with Gasteiger partial charge in [0.25, 0.3) is 0 Å². The second kappa shape index (κ2) is 6.98. The molecule has 0 radical (unpaired) electrons. The van der Waals surface area contributed by atoms with Gasteiger partial charge in [-0.05, 0) is 35.2 Å². The van der Waals surface area contributed by atoms with Crippen LogP contribution in [-0.4, -0.2) is 44.7 Å². The second-order valence-corrected chi connectivity index (χ2v) is 5.95. The summed E-state index contributed by atoms with van der Waals surface area (Å²) in [6.07, 6.45) is 3.13. The summed E-state index contributed by atoms with van der Waals surface area (Å²) in [7, 11) is 1.98. The van der Waals surface area contributed by atoms with Gasteiger partial charge in [0, 0.05) is 19.5 Å². The lowest BCUT2D eigenvalue weighted by atomic mass is 9.97. The van der Waals surface area contributed by atoms with Gasteiger partial charge in [0.2, 0.25) is 0 Å². The molecule has 2 aromatic rings. The third kappa shape index (κ3) is 3.55. The van der Waals surface area contributed by atoms with Gasteiger partial charge in [0.05, 0.1) is 19.3 Å². The fraction of sp³-hybridized carbons (Fsp3) is 0.438. The Morgan fingerprint density at radius 3 is 3.12 bits per heavy atom. The fourth-order valence-electron chi connectivity index (χ4n) is 2.94. The maximum absolute atomic E-state index is 10.8. The Kier molecular flexibility index (Phi) is 4.77. The van der Waals surface area contributed by atoms with E-state index in [0.717, 1.165) is 17.7 Å². The first-order valence-corrected chi connectivity index (χ1v) is 7.82. The van der Waals surface area contributed by atoms with Crippen molar-refractivity contribution >= 4 is 5.95 Å². The van der Waals surface area contributed by atoms with Crippen LogP contribution in [0.3, 0.4) is 0 Å². The van der Waals surface area contributed by atoms with E-state index in [1.54, 1.807) is 6.20 Å². The molecule has 0 amide bonds. The van der Waals surface area contributed by atoms with E-state index in [1.165, 1.54) is 10.8 Å². The standard InChI is InChI=1S/C16H20N4O4/c1-18-10-12-3-4-13(9-14(12)15(21)11-18)24-8-2-6-19-7-5-17-16(19)20(22)23/h3-5,7,9,15,21H,2,6,8,10-11H2,1H3/t15-/m0/s1. The average molecular weight is 332 g/mol. The zero-order valence-electron chi connectivity index (χ0n) is 13.5. The maximum atomic E-state index is 10.8. The zero-order valence-corrected chi connectivity index (χ0v) is 13.5. The van der Waals surface area contributed by atoms with Crippen LogP contribution in [0.1, 0.15) is 23.7 Å². The Labute approximate surface area is 139 Å². The molecule has 0 bridgehead atoms. The molecule has 24 heavy (non-hydrogen) atoms.